The number of aromatic nitrogens is 2. The van der Waals surface area contributed by atoms with Crippen LogP contribution in [-0.4, -0.2) is 29.6 Å². The Morgan fingerprint density at radius 2 is 1.91 bits per heavy atom. The molecule has 1 aromatic carbocycles. The van der Waals surface area contributed by atoms with Crippen LogP contribution in [0.25, 0.3) is 5.65 Å². The van der Waals surface area contributed by atoms with Gasteiger partial charge in [-0.15, -0.1) is 0 Å². The minimum absolute atomic E-state index is 0.267. The number of esters is 1. The van der Waals surface area contributed by atoms with Gasteiger partial charge in [0, 0.05) is 12.4 Å². The number of benzene rings is 1. The highest BCUT2D eigenvalue weighted by Gasteiger charge is 2.13. The predicted molar refractivity (Wildman–Crippen MR) is 83.9 cm³/mol. The summed E-state index contributed by atoms with van der Waals surface area (Å²) in [5, 5.41) is 0. The van der Waals surface area contributed by atoms with Crippen molar-refractivity contribution in [2.24, 2.45) is 0 Å². The topological polar surface area (TPSA) is 62.1 Å². The molecule has 3 aromatic rings. The number of ether oxygens (including phenoxy) is 3. The van der Waals surface area contributed by atoms with Gasteiger partial charge in [0.05, 0.1) is 19.9 Å². The molecular formula is C17H16N2O4. The second-order valence-corrected chi connectivity index (χ2v) is 4.82. The van der Waals surface area contributed by atoms with Gasteiger partial charge in [-0.25, -0.2) is 9.78 Å². The molecule has 0 aliphatic rings. The van der Waals surface area contributed by atoms with E-state index in [4.69, 9.17) is 14.2 Å². The maximum atomic E-state index is 11.8. The van der Waals surface area contributed by atoms with E-state index < -0.39 is 5.97 Å². The number of hydrogen-bond acceptors (Lipinski definition) is 5. The number of fused-ring (bicyclic) bond motifs is 1. The molecule has 2 aromatic heterocycles. The summed E-state index contributed by atoms with van der Waals surface area (Å²) in [7, 11) is 2.94. The van der Waals surface area contributed by atoms with Crippen LogP contribution in [0.1, 0.15) is 16.1 Å². The summed E-state index contributed by atoms with van der Waals surface area (Å²) < 4.78 is 17.5. The van der Waals surface area contributed by atoms with Crippen LogP contribution in [0.3, 0.4) is 0 Å². The van der Waals surface area contributed by atoms with Gasteiger partial charge in [0.25, 0.3) is 0 Å². The summed E-state index contributed by atoms with van der Waals surface area (Å²) in [6, 6.07) is 10.9. The van der Waals surface area contributed by atoms with Gasteiger partial charge in [-0.1, -0.05) is 12.1 Å². The molecule has 6 heteroatoms. The Labute approximate surface area is 133 Å². The third-order valence-corrected chi connectivity index (χ3v) is 3.38. The van der Waals surface area contributed by atoms with E-state index in [2.05, 4.69) is 4.98 Å². The molecule has 6 nitrogen and oxygen atoms in total. The van der Waals surface area contributed by atoms with E-state index in [1.807, 2.05) is 36.7 Å². The SMILES string of the molecule is COC(=O)c1cccn2cc(COc3ccccc3OC)nc12. The number of rotatable bonds is 5. The van der Waals surface area contributed by atoms with Crippen LogP contribution in [0.15, 0.2) is 48.8 Å². The molecule has 0 aliphatic carbocycles. The van der Waals surface area contributed by atoms with Crippen molar-refractivity contribution in [3.63, 3.8) is 0 Å². The average molecular weight is 312 g/mol. The van der Waals surface area contributed by atoms with E-state index in [0.717, 1.165) is 0 Å². The molecule has 0 fully saturated rings. The Balaban J connectivity index is 1.85. The zero-order chi connectivity index (χ0) is 16.2. The highest BCUT2D eigenvalue weighted by molar-refractivity contribution is 5.95. The smallest absolute Gasteiger partial charge is 0.341 e. The Bertz CT molecular complexity index is 841. The fourth-order valence-corrected chi connectivity index (χ4v) is 2.29. The van der Waals surface area contributed by atoms with Gasteiger partial charge < -0.3 is 18.6 Å². The van der Waals surface area contributed by atoms with Crippen LogP contribution in [0.5, 0.6) is 11.5 Å². The number of imidazole rings is 1. The zero-order valence-electron chi connectivity index (χ0n) is 12.9. The Morgan fingerprint density at radius 1 is 1.13 bits per heavy atom. The molecule has 0 saturated heterocycles. The first kappa shape index (κ1) is 14.9. The maximum Gasteiger partial charge on any atom is 0.341 e. The standard InChI is InChI=1S/C17H16N2O4/c1-21-14-7-3-4-8-15(14)23-11-12-10-19-9-5-6-13(16(19)18-12)17(20)22-2/h3-10H,11H2,1-2H3. The molecule has 0 amide bonds. The van der Waals surface area contributed by atoms with E-state index in [0.29, 0.717) is 28.4 Å². The lowest BCUT2D eigenvalue weighted by molar-refractivity contribution is 0.0602. The molecule has 2 heterocycles. The highest BCUT2D eigenvalue weighted by atomic mass is 16.5. The minimum atomic E-state index is -0.418. The third-order valence-electron chi connectivity index (χ3n) is 3.38. The van der Waals surface area contributed by atoms with E-state index in [9.17, 15) is 4.79 Å². The monoisotopic (exact) mass is 312 g/mol. The zero-order valence-corrected chi connectivity index (χ0v) is 12.9. The second kappa shape index (κ2) is 6.39. The van der Waals surface area contributed by atoms with E-state index >= 15 is 0 Å². The maximum absolute atomic E-state index is 11.8. The van der Waals surface area contributed by atoms with Crippen molar-refractivity contribution in [1.29, 1.82) is 0 Å². The van der Waals surface area contributed by atoms with Crippen LogP contribution in [0.4, 0.5) is 0 Å². The molecule has 0 saturated carbocycles. The lowest BCUT2D eigenvalue weighted by Crippen LogP contribution is -2.03. The Morgan fingerprint density at radius 3 is 2.65 bits per heavy atom. The number of carbonyl (C=O) groups is 1. The second-order valence-electron chi connectivity index (χ2n) is 4.82. The summed E-state index contributed by atoms with van der Waals surface area (Å²) in [6.45, 7) is 0.267. The van der Waals surface area contributed by atoms with E-state index in [-0.39, 0.29) is 6.61 Å². The van der Waals surface area contributed by atoms with Gasteiger partial charge in [0.15, 0.2) is 17.1 Å². The number of para-hydroxylation sites is 2. The molecule has 0 atom stereocenters. The largest absolute Gasteiger partial charge is 0.493 e. The number of hydrogen-bond donors (Lipinski definition) is 0. The van der Waals surface area contributed by atoms with Crippen LogP contribution in [0.2, 0.25) is 0 Å². The minimum Gasteiger partial charge on any atom is -0.493 e. The van der Waals surface area contributed by atoms with Crippen LogP contribution >= 0.6 is 0 Å². The quantitative estimate of drug-likeness (QED) is 0.678. The van der Waals surface area contributed by atoms with Crippen molar-refractivity contribution in [2.75, 3.05) is 14.2 Å². The molecular weight excluding hydrogens is 296 g/mol. The molecule has 0 bridgehead atoms. The van der Waals surface area contributed by atoms with Crippen molar-refractivity contribution in [1.82, 2.24) is 9.38 Å². The fraction of sp³-hybridized carbons (Fsp3) is 0.176. The number of pyridine rings is 1. The number of carbonyl (C=O) groups excluding carboxylic acids is 1. The van der Waals surface area contributed by atoms with E-state index in [1.165, 1.54) is 7.11 Å². The van der Waals surface area contributed by atoms with Crippen LogP contribution in [0, 0.1) is 0 Å². The third kappa shape index (κ3) is 2.96. The first-order valence-corrected chi connectivity index (χ1v) is 7.03. The molecule has 0 spiro atoms. The van der Waals surface area contributed by atoms with Gasteiger partial charge >= 0.3 is 5.97 Å². The number of methoxy groups -OCH3 is 2. The molecule has 0 N–H and O–H groups in total. The summed E-state index contributed by atoms with van der Waals surface area (Å²) in [4.78, 5) is 16.2. The number of nitrogens with zero attached hydrogens (tertiary/aromatic N) is 2. The summed E-state index contributed by atoms with van der Waals surface area (Å²) >= 11 is 0. The van der Waals surface area contributed by atoms with Crippen molar-refractivity contribution < 1.29 is 19.0 Å². The first-order chi connectivity index (χ1) is 11.2. The Kier molecular flexibility index (Phi) is 4.14. The molecule has 118 valence electrons. The molecule has 0 aliphatic heterocycles. The average Bonchev–Trinajstić information content (AvgIpc) is 3.02. The van der Waals surface area contributed by atoms with Gasteiger partial charge in [-0.05, 0) is 24.3 Å². The fourth-order valence-electron chi connectivity index (χ4n) is 2.29. The lowest BCUT2D eigenvalue weighted by Gasteiger charge is -2.08. The van der Waals surface area contributed by atoms with Crippen molar-refractivity contribution in [3.05, 3.63) is 60.0 Å². The summed E-state index contributed by atoms with van der Waals surface area (Å²) in [6.07, 6.45) is 3.64. The summed E-state index contributed by atoms with van der Waals surface area (Å²) in [5.41, 5.74) is 1.66. The van der Waals surface area contributed by atoms with Crippen LogP contribution in [-0.2, 0) is 11.3 Å². The normalized spacial score (nSPS) is 10.5. The van der Waals surface area contributed by atoms with Crippen molar-refractivity contribution >= 4 is 11.6 Å². The van der Waals surface area contributed by atoms with Crippen molar-refractivity contribution in [3.8, 4) is 11.5 Å². The molecule has 0 radical (unpaired) electrons. The van der Waals surface area contributed by atoms with Gasteiger partial charge in [-0.2, -0.15) is 0 Å². The van der Waals surface area contributed by atoms with Crippen molar-refractivity contribution in [2.45, 2.75) is 6.61 Å². The van der Waals surface area contributed by atoms with Crippen LogP contribution < -0.4 is 9.47 Å². The van der Waals surface area contributed by atoms with Gasteiger partial charge in [0.2, 0.25) is 0 Å². The van der Waals surface area contributed by atoms with Gasteiger partial charge in [0.1, 0.15) is 12.2 Å². The van der Waals surface area contributed by atoms with E-state index in [1.54, 1.807) is 23.6 Å². The van der Waals surface area contributed by atoms with Gasteiger partial charge in [-0.3, -0.25) is 0 Å². The molecule has 3 rings (SSSR count). The predicted octanol–water partition coefficient (Wildman–Crippen LogP) is 2.71. The Hall–Kier alpha value is -3.02. The lowest BCUT2D eigenvalue weighted by atomic mass is 10.3. The summed E-state index contributed by atoms with van der Waals surface area (Å²) in [5.74, 6) is 0.880. The molecule has 23 heavy (non-hydrogen) atoms. The molecule has 0 unspecified atom stereocenters. The highest BCUT2D eigenvalue weighted by Crippen LogP contribution is 2.26. The first-order valence-electron chi connectivity index (χ1n) is 7.03.